The number of furan rings is 1. The van der Waals surface area contributed by atoms with Crippen molar-refractivity contribution in [3.05, 3.63) is 52.7 Å². The van der Waals surface area contributed by atoms with Gasteiger partial charge < -0.3 is 19.2 Å². The molecule has 7 heteroatoms. The molecule has 3 heterocycles. The third-order valence-corrected chi connectivity index (χ3v) is 4.42. The van der Waals surface area contributed by atoms with Gasteiger partial charge in [-0.25, -0.2) is 4.98 Å². The van der Waals surface area contributed by atoms with Crippen molar-refractivity contribution in [3.63, 3.8) is 0 Å². The average Bonchev–Trinajstić information content (AvgIpc) is 3.33. The molecule has 6 nitrogen and oxygen atoms in total. The first-order valence-electron chi connectivity index (χ1n) is 7.41. The molecule has 0 aliphatic carbocycles. The summed E-state index contributed by atoms with van der Waals surface area (Å²) in [6.45, 7) is 0.628. The lowest BCUT2D eigenvalue weighted by Gasteiger charge is -2.01. The van der Waals surface area contributed by atoms with E-state index in [1.165, 1.54) is 11.3 Å². The molecular weight excluding hydrogens is 328 g/mol. The molecule has 0 saturated carbocycles. The Morgan fingerprint density at radius 3 is 3.04 bits per heavy atom. The number of hydrogen-bond donors (Lipinski definition) is 1. The van der Waals surface area contributed by atoms with Crippen molar-refractivity contribution < 1.29 is 18.7 Å². The Labute approximate surface area is 142 Å². The van der Waals surface area contributed by atoms with Crippen LogP contribution in [0.3, 0.4) is 0 Å². The minimum atomic E-state index is -0.0852. The molecule has 0 bridgehead atoms. The molecule has 0 atom stereocenters. The molecular formula is C17H14N2O4S. The number of rotatable bonds is 5. The smallest absolute Gasteiger partial charge is 0.231 e. The van der Waals surface area contributed by atoms with Crippen molar-refractivity contribution >= 4 is 17.2 Å². The minimum absolute atomic E-state index is 0.0852. The topological polar surface area (TPSA) is 73.6 Å². The summed E-state index contributed by atoms with van der Waals surface area (Å²) in [5.74, 6) is 2.10. The Hall–Kier alpha value is -2.80. The van der Waals surface area contributed by atoms with Crippen LogP contribution in [0.2, 0.25) is 0 Å². The third-order valence-electron chi connectivity index (χ3n) is 3.57. The number of amides is 1. The van der Waals surface area contributed by atoms with E-state index in [0.717, 1.165) is 33.5 Å². The minimum Gasteiger partial charge on any atom is -0.467 e. The molecule has 1 aliphatic heterocycles. The van der Waals surface area contributed by atoms with E-state index in [0.29, 0.717) is 6.54 Å². The maximum atomic E-state index is 12.0. The normalized spacial score (nSPS) is 12.3. The van der Waals surface area contributed by atoms with E-state index in [1.54, 1.807) is 12.3 Å². The summed E-state index contributed by atoms with van der Waals surface area (Å²) in [6.07, 6.45) is 1.83. The van der Waals surface area contributed by atoms with Crippen LogP contribution in [0.1, 0.15) is 10.8 Å². The lowest BCUT2D eigenvalue weighted by Crippen LogP contribution is -2.24. The Kier molecular flexibility index (Phi) is 3.92. The SMILES string of the molecule is O=C(Cc1nc(-c2ccc3c(c2)OCO3)cs1)NCc1ccco1. The van der Waals surface area contributed by atoms with Gasteiger partial charge in [0, 0.05) is 10.9 Å². The number of carbonyl (C=O) groups is 1. The Morgan fingerprint density at radius 2 is 2.17 bits per heavy atom. The quantitative estimate of drug-likeness (QED) is 0.772. The van der Waals surface area contributed by atoms with Crippen molar-refractivity contribution in [3.8, 4) is 22.8 Å². The molecule has 0 fully saturated rings. The number of ether oxygens (including phenoxy) is 2. The van der Waals surface area contributed by atoms with Gasteiger partial charge >= 0.3 is 0 Å². The zero-order valence-electron chi connectivity index (χ0n) is 12.7. The van der Waals surface area contributed by atoms with Gasteiger partial charge in [-0.05, 0) is 30.3 Å². The third kappa shape index (κ3) is 3.11. The molecule has 1 N–H and O–H groups in total. The zero-order chi connectivity index (χ0) is 16.4. The predicted molar refractivity (Wildman–Crippen MR) is 87.9 cm³/mol. The Bertz CT molecular complexity index is 857. The largest absolute Gasteiger partial charge is 0.467 e. The van der Waals surface area contributed by atoms with Crippen LogP contribution in [0.25, 0.3) is 11.3 Å². The first-order valence-corrected chi connectivity index (χ1v) is 8.29. The van der Waals surface area contributed by atoms with Gasteiger partial charge in [-0.1, -0.05) is 0 Å². The summed E-state index contributed by atoms with van der Waals surface area (Å²) >= 11 is 1.46. The second kappa shape index (κ2) is 6.37. The van der Waals surface area contributed by atoms with E-state index >= 15 is 0 Å². The fourth-order valence-corrected chi connectivity index (χ4v) is 3.18. The second-order valence-corrected chi connectivity index (χ2v) is 6.17. The van der Waals surface area contributed by atoms with Gasteiger partial charge in [0.25, 0.3) is 0 Å². The number of fused-ring (bicyclic) bond motifs is 1. The number of carbonyl (C=O) groups excluding carboxylic acids is 1. The van der Waals surface area contributed by atoms with Crippen molar-refractivity contribution in [1.82, 2.24) is 10.3 Å². The molecule has 0 spiro atoms. The van der Waals surface area contributed by atoms with Crippen molar-refractivity contribution in [2.75, 3.05) is 6.79 Å². The van der Waals surface area contributed by atoms with Crippen LogP contribution in [-0.4, -0.2) is 17.7 Å². The van der Waals surface area contributed by atoms with Gasteiger partial charge in [0.05, 0.1) is 24.9 Å². The van der Waals surface area contributed by atoms with Crippen molar-refractivity contribution in [1.29, 1.82) is 0 Å². The van der Waals surface area contributed by atoms with Crippen LogP contribution in [-0.2, 0) is 17.8 Å². The maximum Gasteiger partial charge on any atom is 0.231 e. The Morgan fingerprint density at radius 1 is 1.25 bits per heavy atom. The van der Waals surface area contributed by atoms with Crippen LogP contribution in [0.15, 0.2) is 46.4 Å². The van der Waals surface area contributed by atoms with E-state index in [1.807, 2.05) is 29.6 Å². The summed E-state index contributed by atoms with van der Waals surface area (Å²) in [6, 6.07) is 9.32. The molecule has 4 rings (SSSR count). The van der Waals surface area contributed by atoms with E-state index < -0.39 is 0 Å². The van der Waals surface area contributed by atoms with Gasteiger partial charge in [-0.3, -0.25) is 4.79 Å². The number of nitrogens with one attached hydrogen (secondary N) is 1. The first kappa shape index (κ1) is 14.8. The molecule has 3 aromatic rings. The van der Waals surface area contributed by atoms with Gasteiger partial charge in [0.15, 0.2) is 11.5 Å². The molecule has 1 aromatic carbocycles. The van der Waals surface area contributed by atoms with Crippen molar-refractivity contribution in [2.45, 2.75) is 13.0 Å². The predicted octanol–water partition coefficient (Wildman–Crippen LogP) is 2.99. The summed E-state index contributed by atoms with van der Waals surface area (Å²) in [7, 11) is 0. The maximum absolute atomic E-state index is 12.0. The number of nitrogens with zero attached hydrogens (tertiary/aromatic N) is 1. The molecule has 2 aromatic heterocycles. The molecule has 24 heavy (non-hydrogen) atoms. The molecule has 1 aliphatic rings. The van der Waals surface area contributed by atoms with Gasteiger partial charge in [0.2, 0.25) is 12.7 Å². The van der Waals surface area contributed by atoms with Crippen LogP contribution in [0.4, 0.5) is 0 Å². The average molecular weight is 342 g/mol. The van der Waals surface area contributed by atoms with E-state index in [2.05, 4.69) is 10.3 Å². The highest BCUT2D eigenvalue weighted by atomic mass is 32.1. The van der Waals surface area contributed by atoms with Gasteiger partial charge in [-0.2, -0.15) is 0 Å². The summed E-state index contributed by atoms with van der Waals surface area (Å²) in [4.78, 5) is 16.5. The zero-order valence-corrected chi connectivity index (χ0v) is 13.5. The number of hydrogen-bond acceptors (Lipinski definition) is 6. The van der Waals surface area contributed by atoms with Crippen LogP contribution >= 0.6 is 11.3 Å². The number of aromatic nitrogens is 1. The molecule has 1 amide bonds. The summed E-state index contributed by atoms with van der Waals surface area (Å²) in [5, 5.41) is 5.51. The van der Waals surface area contributed by atoms with Crippen LogP contribution < -0.4 is 14.8 Å². The summed E-state index contributed by atoms with van der Waals surface area (Å²) in [5.41, 5.74) is 1.77. The highest BCUT2D eigenvalue weighted by molar-refractivity contribution is 7.10. The number of benzene rings is 1. The molecule has 0 unspecified atom stereocenters. The van der Waals surface area contributed by atoms with Gasteiger partial charge in [-0.15, -0.1) is 11.3 Å². The van der Waals surface area contributed by atoms with E-state index in [9.17, 15) is 4.79 Å². The lowest BCUT2D eigenvalue weighted by molar-refractivity contribution is -0.120. The second-order valence-electron chi connectivity index (χ2n) is 5.23. The summed E-state index contributed by atoms with van der Waals surface area (Å²) < 4.78 is 15.9. The lowest BCUT2D eigenvalue weighted by atomic mass is 10.1. The van der Waals surface area contributed by atoms with E-state index in [4.69, 9.17) is 13.9 Å². The highest BCUT2D eigenvalue weighted by Crippen LogP contribution is 2.36. The first-order chi connectivity index (χ1) is 11.8. The molecule has 0 saturated heterocycles. The molecule has 0 radical (unpaired) electrons. The highest BCUT2D eigenvalue weighted by Gasteiger charge is 2.15. The number of thiazole rings is 1. The fourth-order valence-electron chi connectivity index (χ4n) is 2.38. The monoisotopic (exact) mass is 342 g/mol. The van der Waals surface area contributed by atoms with Gasteiger partial charge in [0.1, 0.15) is 10.8 Å². The molecule has 122 valence electrons. The van der Waals surface area contributed by atoms with Crippen molar-refractivity contribution in [2.24, 2.45) is 0 Å². The Balaban J connectivity index is 1.40. The van der Waals surface area contributed by atoms with E-state index in [-0.39, 0.29) is 19.1 Å². The fraction of sp³-hybridized carbons (Fsp3) is 0.176. The van der Waals surface area contributed by atoms with Crippen LogP contribution in [0, 0.1) is 0 Å². The standard InChI is InChI=1S/C17H14N2O4S/c20-16(18-8-12-2-1-5-21-12)7-17-19-13(9-24-17)11-3-4-14-15(6-11)23-10-22-14/h1-6,9H,7-8,10H2,(H,18,20). The van der Waals surface area contributed by atoms with Crippen LogP contribution in [0.5, 0.6) is 11.5 Å².